The molecule has 0 saturated heterocycles. The largest absolute Gasteiger partial charge is 0.370 e. The summed E-state index contributed by atoms with van der Waals surface area (Å²) in [6.07, 6.45) is 3.90. The SMILES string of the molecule is CCOC(COC1CCC1)(OCC)OCC. The molecule has 1 aliphatic rings. The first kappa shape index (κ1) is 13.9. The second-order valence-corrected chi connectivity index (χ2v) is 3.85. The van der Waals surface area contributed by atoms with Gasteiger partial charge in [-0.3, -0.25) is 0 Å². The van der Waals surface area contributed by atoms with Gasteiger partial charge in [-0.2, -0.15) is 0 Å². The summed E-state index contributed by atoms with van der Waals surface area (Å²) in [4.78, 5) is 0. The van der Waals surface area contributed by atoms with Crippen molar-refractivity contribution in [2.24, 2.45) is 0 Å². The Morgan fingerprint density at radius 1 is 0.938 bits per heavy atom. The lowest BCUT2D eigenvalue weighted by molar-refractivity contribution is -0.395. The molecule has 4 heteroatoms. The highest BCUT2D eigenvalue weighted by Crippen LogP contribution is 2.25. The Labute approximate surface area is 98.2 Å². The van der Waals surface area contributed by atoms with Crippen LogP contribution in [0.3, 0.4) is 0 Å². The zero-order valence-electron chi connectivity index (χ0n) is 10.7. The Kier molecular flexibility index (Phi) is 6.28. The molecule has 0 aromatic carbocycles. The van der Waals surface area contributed by atoms with E-state index in [0.717, 1.165) is 12.8 Å². The van der Waals surface area contributed by atoms with E-state index in [9.17, 15) is 0 Å². The van der Waals surface area contributed by atoms with Crippen molar-refractivity contribution in [3.8, 4) is 0 Å². The number of hydrogen-bond donors (Lipinski definition) is 0. The van der Waals surface area contributed by atoms with E-state index in [1.807, 2.05) is 20.8 Å². The summed E-state index contributed by atoms with van der Waals surface area (Å²) >= 11 is 0. The van der Waals surface area contributed by atoms with Crippen molar-refractivity contribution in [1.82, 2.24) is 0 Å². The smallest absolute Gasteiger partial charge is 0.307 e. The molecule has 0 radical (unpaired) electrons. The lowest BCUT2D eigenvalue weighted by Crippen LogP contribution is -2.45. The van der Waals surface area contributed by atoms with Crippen LogP contribution < -0.4 is 0 Å². The first-order valence-corrected chi connectivity index (χ1v) is 6.29. The van der Waals surface area contributed by atoms with Gasteiger partial charge in [0.25, 0.3) is 0 Å². The molecule has 1 saturated carbocycles. The van der Waals surface area contributed by atoms with E-state index in [1.54, 1.807) is 0 Å². The summed E-state index contributed by atoms with van der Waals surface area (Å²) in [6.45, 7) is 7.78. The number of hydrogen-bond acceptors (Lipinski definition) is 4. The van der Waals surface area contributed by atoms with Crippen LogP contribution in [0.2, 0.25) is 0 Å². The topological polar surface area (TPSA) is 36.9 Å². The second kappa shape index (κ2) is 7.22. The van der Waals surface area contributed by atoms with Gasteiger partial charge in [-0.05, 0) is 40.0 Å². The monoisotopic (exact) mass is 232 g/mol. The quantitative estimate of drug-likeness (QED) is 0.572. The van der Waals surface area contributed by atoms with Gasteiger partial charge in [-0.25, -0.2) is 0 Å². The molecule has 1 aliphatic carbocycles. The molecule has 1 fully saturated rings. The maximum atomic E-state index is 5.73. The van der Waals surface area contributed by atoms with E-state index in [-0.39, 0.29) is 0 Å². The predicted octanol–water partition coefficient (Wildman–Crippen LogP) is 2.32. The van der Waals surface area contributed by atoms with Crippen molar-refractivity contribution in [1.29, 1.82) is 0 Å². The van der Waals surface area contributed by atoms with Gasteiger partial charge in [0.15, 0.2) is 0 Å². The summed E-state index contributed by atoms with van der Waals surface area (Å²) in [6, 6.07) is 0. The average molecular weight is 232 g/mol. The second-order valence-electron chi connectivity index (χ2n) is 3.85. The fourth-order valence-electron chi connectivity index (χ4n) is 1.67. The lowest BCUT2D eigenvalue weighted by Gasteiger charge is -2.35. The van der Waals surface area contributed by atoms with Crippen LogP contribution in [0, 0.1) is 0 Å². The molecule has 0 atom stereocenters. The van der Waals surface area contributed by atoms with Crippen LogP contribution in [0.15, 0.2) is 0 Å². The Morgan fingerprint density at radius 3 is 1.75 bits per heavy atom. The highest BCUT2D eigenvalue weighted by molar-refractivity contribution is 4.70. The average Bonchev–Trinajstić information content (AvgIpc) is 2.16. The molecule has 1 rings (SSSR count). The summed E-state index contributed by atoms with van der Waals surface area (Å²) < 4.78 is 22.4. The third-order valence-corrected chi connectivity index (χ3v) is 2.64. The van der Waals surface area contributed by atoms with Gasteiger partial charge in [0.1, 0.15) is 6.61 Å². The minimum atomic E-state index is -1.01. The molecular formula is C12H24O4. The molecule has 4 nitrogen and oxygen atoms in total. The third kappa shape index (κ3) is 4.01. The van der Waals surface area contributed by atoms with Gasteiger partial charge in [0.05, 0.1) is 6.10 Å². The van der Waals surface area contributed by atoms with Crippen molar-refractivity contribution < 1.29 is 18.9 Å². The van der Waals surface area contributed by atoms with Gasteiger partial charge < -0.3 is 18.9 Å². The number of ether oxygens (including phenoxy) is 4. The van der Waals surface area contributed by atoms with Crippen molar-refractivity contribution >= 4 is 0 Å². The summed E-state index contributed by atoms with van der Waals surface area (Å²) in [5, 5.41) is 0. The number of rotatable bonds is 9. The van der Waals surface area contributed by atoms with Gasteiger partial charge in [-0.1, -0.05) is 0 Å². The van der Waals surface area contributed by atoms with Crippen molar-refractivity contribution in [3.05, 3.63) is 0 Å². The van der Waals surface area contributed by atoms with Crippen LogP contribution in [-0.4, -0.2) is 38.5 Å². The highest BCUT2D eigenvalue weighted by atomic mass is 16.9. The van der Waals surface area contributed by atoms with Crippen LogP contribution in [0.4, 0.5) is 0 Å². The zero-order chi connectivity index (χ0) is 11.9. The fourth-order valence-corrected chi connectivity index (χ4v) is 1.67. The van der Waals surface area contributed by atoms with E-state index in [1.165, 1.54) is 6.42 Å². The molecule has 16 heavy (non-hydrogen) atoms. The van der Waals surface area contributed by atoms with Crippen LogP contribution in [0.25, 0.3) is 0 Å². The molecule has 0 spiro atoms. The van der Waals surface area contributed by atoms with E-state index >= 15 is 0 Å². The molecule has 0 heterocycles. The standard InChI is InChI=1S/C12H24O4/c1-4-14-12(15-5-2,16-6-3)10-13-11-8-7-9-11/h11H,4-10H2,1-3H3. The highest BCUT2D eigenvalue weighted by Gasteiger charge is 2.35. The van der Waals surface area contributed by atoms with Gasteiger partial charge in [-0.15, -0.1) is 0 Å². The molecule has 0 aliphatic heterocycles. The predicted molar refractivity (Wildman–Crippen MR) is 61.2 cm³/mol. The van der Waals surface area contributed by atoms with Crippen LogP contribution in [0.5, 0.6) is 0 Å². The van der Waals surface area contributed by atoms with Crippen LogP contribution in [-0.2, 0) is 18.9 Å². The molecule has 0 N–H and O–H groups in total. The summed E-state index contributed by atoms with van der Waals surface area (Å²) in [5.74, 6) is -1.01. The maximum Gasteiger partial charge on any atom is 0.307 e. The minimum Gasteiger partial charge on any atom is -0.370 e. The Bertz CT molecular complexity index is 163. The third-order valence-electron chi connectivity index (χ3n) is 2.64. The van der Waals surface area contributed by atoms with Crippen LogP contribution in [0.1, 0.15) is 40.0 Å². The van der Waals surface area contributed by atoms with E-state index in [2.05, 4.69) is 0 Å². The van der Waals surface area contributed by atoms with E-state index in [0.29, 0.717) is 32.5 Å². The molecule has 0 aromatic rings. The first-order chi connectivity index (χ1) is 7.76. The molecule has 0 unspecified atom stereocenters. The van der Waals surface area contributed by atoms with E-state index < -0.39 is 5.97 Å². The minimum absolute atomic E-state index is 0.354. The Morgan fingerprint density at radius 2 is 1.44 bits per heavy atom. The molecule has 0 amide bonds. The van der Waals surface area contributed by atoms with Crippen molar-refractivity contribution in [2.75, 3.05) is 26.4 Å². The molecule has 0 aromatic heterocycles. The Balaban J connectivity index is 2.43. The van der Waals surface area contributed by atoms with Crippen molar-refractivity contribution in [3.63, 3.8) is 0 Å². The van der Waals surface area contributed by atoms with Gasteiger partial charge >= 0.3 is 5.97 Å². The summed E-state index contributed by atoms with van der Waals surface area (Å²) in [5.41, 5.74) is 0. The zero-order valence-corrected chi connectivity index (χ0v) is 10.7. The molecule has 0 bridgehead atoms. The maximum absolute atomic E-state index is 5.73. The van der Waals surface area contributed by atoms with Crippen molar-refractivity contribution in [2.45, 2.75) is 52.1 Å². The Hall–Kier alpha value is -0.160. The van der Waals surface area contributed by atoms with Gasteiger partial charge in [0, 0.05) is 19.8 Å². The first-order valence-electron chi connectivity index (χ1n) is 6.29. The normalized spacial score (nSPS) is 17.4. The molecule has 96 valence electrons. The van der Waals surface area contributed by atoms with Gasteiger partial charge in [0.2, 0.25) is 0 Å². The lowest BCUT2D eigenvalue weighted by atomic mass is 9.96. The summed E-state index contributed by atoms with van der Waals surface area (Å²) in [7, 11) is 0. The fraction of sp³-hybridized carbons (Fsp3) is 1.00. The van der Waals surface area contributed by atoms with Crippen LogP contribution >= 0.6 is 0 Å². The molecular weight excluding hydrogens is 208 g/mol. The van der Waals surface area contributed by atoms with E-state index in [4.69, 9.17) is 18.9 Å².